The summed E-state index contributed by atoms with van der Waals surface area (Å²) < 4.78 is 35.6. The second-order valence-corrected chi connectivity index (χ2v) is 12.8. The van der Waals surface area contributed by atoms with Crippen molar-refractivity contribution in [2.75, 3.05) is 31.1 Å². The number of aromatic nitrogens is 2. The smallest absolute Gasteiger partial charge is 0.316 e. The van der Waals surface area contributed by atoms with Gasteiger partial charge in [-0.25, -0.2) is 8.42 Å². The number of thiophene rings is 1. The zero-order chi connectivity index (χ0) is 24.6. The van der Waals surface area contributed by atoms with E-state index in [1.54, 1.807) is 36.5 Å². The molecule has 1 aromatic carbocycles. The van der Waals surface area contributed by atoms with E-state index in [0.717, 1.165) is 37.0 Å². The van der Waals surface area contributed by atoms with Gasteiger partial charge >= 0.3 is 5.56 Å². The Labute approximate surface area is 217 Å². The Bertz CT molecular complexity index is 1380. The third kappa shape index (κ3) is 5.08. The molecule has 0 bridgehead atoms. The van der Waals surface area contributed by atoms with Crippen LogP contribution >= 0.6 is 34.5 Å². The van der Waals surface area contributed by atoms with Gasteiger partial charge in [-0.2, -0.15) is 14.1 Å². The van der Waals surface area contributed by atoms with E-state index in [1.165, 1.54) is 15.1 Å². The highest BCUT2D eigenvalue weighted by molar-refractivity contribution is 7.91. The number of benzene rings is 1. The van der Waals surface area contributed by atoms with Gasteiger partial charge in [0.25, 0.3) is 10.0 Å². The molecule has 0 radical (unpaired) electrons. The monoisotopic (exact) mass is 554 g/mol. The van der Waals surface area contributed by atoms with E-state index in [4.69, 9.17) is 27.9 Å². The van der Waals surface area contributed by atoms with Crippen molar-refractivity contribution in [2.45, 2.75) is 36.0 Å². The van der Waals surface area contributed by atoms with E-state index in [1.807, 2.05) is 4.90 Å². The summed E-state index contributed by atoms with van der Waals surface area (Å²) in [7, 11) is -3.62. The van der Waals surface area contributed by atoms with Gasteiger partial charge in [-0.15, -0.1) is 11.3 Å². The number of hydrogen-bond acceptors (Lipinski definition) is 7. The van der Waals surface area contributed by atoms with Crippen LogP contribution in [-0.2, 0) is 10.0 Å². The first-order chi connectivity index (χ1) is 16.8. The number of nitrogens with zero attached hydrogens (tertiary/aromatic N) is 4. The average Bonchev–Trinajstić information content (AvgIpc) is 3.52. The van der Waals surface area contributed by atoms with Crippen LogP contribution in [-0.4, -0.2) is 54.8 Å². The lowest BCUT2D eigenvalue weighted by Gasteiger charge is -2.35. The second-order valence-electron chi connectivity index (χ2n) is 8.53. The van der Waals surface area contributed by atoms with Crippen LogP contribution in [0.1, 0.15) is 25.7 Å². The van der Waals surface area contributed by atoms with Gasteiger partial charge in [0, 0.05) is 31.2 Å². The third-order valence-corrected chi connectivity index (χ3v) is 10.1. The van der Waals surface area contributed by atoms with Crippen LogP contribution in [0, 0.1) is 0 Å². The predicted octanol–water partition coefficient (Wildman–Crippen LogP) is 4.43. The maximum Gasteiger partial charge on any atom is 0.316 e. The van der Waals surface area contributed by atoms with E-state index >= 15 is 0 Å². The lowest BCUT2D eigenvalue weighted by atomic mass is 10.2. The fourth-order valence-electron chi connectivity index (χ4n) is 4.46. The molecule has 35 heavy (non-hydrogen) atoms. The van der Waals surface area contributed by atoms with Crippen LogP contribution in [0.25, 0.3) is 5.69 Å². The van der Waals surface area contributed by atoms with Crippen molar-refractivity contribution in [3.05, 3.63) is 62.3 Å². The minimum Gasteiger partial charge on any atom is -0.483 e. The largest absolute Gasteiger partial charge is 0.483 e. The molecule has 2 fully saturated rings. The van der Waals surface area contributed by atoms with E-state index in [9.17, 15) is 13.2 Å². The molecule has 2 aliphatic rings. The molecule has 0 N–H and O–H groups in total. The Kier molecular flexibility index (Phi) is 7.09. The molecule has 0 spiro atoms. The maximum atomic E-state index is 13.5. The van der Waals surface area contributed by atoms with Gasteiger partial charge in [-0.05, 0) is 56.0 Å². The van der Waals surface area contributed by atoms with Crippen molar-refractivity contribution in [1.29, 1.82) is 0 Å². The number of hydrogen-bond donors (Lipinski definition) is 0. The van der Waals surface area contributed by atoms with E-state index in [2.05, 4.69) is 5.10 Å². The molecule has 186 valence electrons. The van der Waals surface area contributed by atoms with E-state index < -0.39 is 10.0 Å². The lowest BCUT2D eigenvalue weighted by Crippen LogP contribution is -2.49. The summed E-state index contributed by atoms with van der Waals surface area (Å²) in [6.07, 6.45) is 5.52. The Morgan fingerprint density at radius 3 is 2.43 bits per heavy atom. The summed E-state index contributed by atoms with van der Waals surface area (Å²) in [5.41, 5.74) is 0.771. The first kappa shape index (κ1) is 24.6. The van der Waals surface area contributed by atoms with Gasteiger partial charge in [0.2, 0.25) is 5.75 Å². The third-order valence-electron chi connectivity index (χ3n) is 6.28. The minimum absolute atomic E-state index is 0.0260. The quantitative estimate of drug-likeness (QED) is 0.448. The summed E-state index contributed by atoms with van der Waals surface area (Å²) in [6, 6.07) is 10.1. The number of rotatable bonds is 6. The minimum atomic E-state index is -3.62. The molecule has 0 amide bonds. The number of anilines is 1. The Balaban J connectivity index is 1.43. The van der Waals surface area contributed by atoms with Gasteiger partial charge in [-0.1, -0.05) is 29.3 Å². The van der Waals surface area contributed by atoms with Gasteiger partial charge < -0.3 is 9.64 Å². The first-order valence-electron chi connectivity index (χ1n) is 11.4. The highest BCUT2D eigenvalue weighted by atomic mass is 35.5. The zero-order valence-electron chi connectivity index (χ0n) is 18.8. The standard InChI is InChI=1S/C23H24Cl2N4O4S2/c24-16-4-3-5-17(14-16)29-23(30)22(33-18-6-1-2-7-18)19(15-26-29)27-10-12-28(13-11-27)35(31,32)21-9-8-20(25)34-21/h3-5,8-9,14-15,18H,1-2,6-7,10-13H2. The molecule has 1 saturated heterocycles. The highest BCUT2D eigenvalue weighted by Crippen LogP contribution is 2.32. The molecule has 0 atom stereocenters. The summed E-state index contributed by atoms with van der Waals surface area (Å²) in [4.78, 5) is 15.5. The number of sulfonamides is 1. The molecule has 5 rings (SSSR count). The molecule has 12 heteroatoms. The molecule has 1 aliphatic carbocycles. The Hall–Kier alpha value is -2.11. The predicted molar refractivity (Wildman–Crippen MR) is 138 cm³/mol. The van der Waals surface area contributed by atoms with Crippen molar-refractivity contribution in [2.24, 2.45) is 0 Å². The summed E-state index contributed by atoms with van der Waals surface area (Å²) in [5.74, 6) is 0.244. The normalized spacial score (nSPS) is 17.7. The van der Waals surface area contributed by atoms with E-state index in [0.29, 0.717) is 33.8 Å². The van der Waals surface area contributed by atoms with Crippen LogP contribution in [0.2, 0.25) is 9.36 Å². The van der Waals surface area contributed by atoms with Crippen LogP contribution < -0.4 is 15.2 Å². The van der Waals surface area contributed by atoms with Gasteiger partial charge in [0.15, 0.2) is 0 Å². The first-order valence-corrected chi connectivity index (χ1v) is 14.4. The van der Waals surface area contributed by atoms with E-state index in [-0.39, 0.29) is 34.7 Å². The van der Waals surface area contributed by atoms with Crippen molar-refractivity contribution in [1.82, 2.24) is 14.1 Å². The molecule has 1 saturated carbocycles. The average molecular weight is 556 g/mol. The van der Waals surface area contributed by atoms with Crippen molar-refractivity contribution in [3.63, 3.8) is 0 Å². The van der Waals surface area contributed by atoms with Crippen LogP contribution in [0.5, 0.6) is 5.75 Å². The molecule has 1 aliphatic heterocycles. The van der Waals surface area contributed by atoms with Gasteiger partial charge in [0.1, 0.15) is 9.90 Å². The van der Waals surface area contributed by atoms with Crippen LogP contribution in [0.4, 0.5) is 5.69 Å². The lowest BCUT2D eigenvalue weighted by molar-refractivity contribution is 0.205. The van der Waals surface area contributed by atoms with Crippen molar-refractivity contribution >= 4 is 50.2 Å². The fourth-order valence-corrected chi connectivity index (χ4v) is 7.71. The SMILES string of the molecule is O=c1c(OC2CCCC2)c(N2CCN(S(=O)(=O)c3ccc(Cl)s3)CC2)cnn1-c1cccc(Cl)c1. The molecule has 3 heterocycles. The number of halogens is 2. The summed E-state index contributed by atoms with van der Waals surface area (Å²) >= 11 is 13.1. The van der Waals surface area contributed by atoms with Crippen molar-refractivity contribution < 1.29 is 13.2 Å². The Morgan fingerprint density at radius 2 is 1.77 bits per heavy atom. The second kappa shape index (κ2) is 10.1. The molecule has 0 unspecified atom stereocenters. The maximum absolute atomic E-state index is 13.5. The number of piperazine rings is 1. The van der Waals surface area contributed by atoms with Gasteiger partial charge in [-0.3, -0.25) is 4.79 Å². The number of ether oxygens (including phenoxy) is 1. The molecule has 3 aromatic rings. The molecule has 2 aromatic heterocycles. The van der Waals surface area contributed by atoms with Gasteiger partial charge in [0.05, 0.1) is 22.3 Å². The van der Waals surface area contributed by atoms with Crippen LogP contribution in [0.15, 0.2) is 51.6 Å². The summed E-state index contributed by atoms with van der Waals surface area (Å²) in [5, 5.41) is 4.90. The Morgan fingerprint density at radius 1 is 1.03 bits per heavy atom. The molecule has 8 nitrogen and oxygen atoms in total. The fraction of sp³-hybridized carbons (Fsp3) is 0.391. The highest BCUT2D eigenvalue weighted by Gasteiger charge is 2.32. The molecular weight excluding hydrogens is 531 g/mol. The zero-order valence-corrected chi connectivity index (χ0v) is 21.9. The van der Waals surface area contributed by atoms with Crippen LogP contribution in [0.3, 0.4) is 0 Å². The topological polar surface area (TPSA) is 84.7 Å². The summed E-state index contributed by atoms with van der Waals surface area (Å²) in [6.45, 7) is 1.36. The van der Waals surface area contributed by atoms with Crippen molar-refractivity contribution in [3.8, 4) is 11.4 Å². The molecular formula is C23H24Cl2N4O4S2.